The van der Waals surface area contributed by atoms with E-state index in [2.05, 4.69) is 4.72 Å². The molecule has 3 nitrogen and oxygen atoms in total. The number of benzene rings is 2. The fraction of sp³-hybridized carbons (Fsp3) is 0.200. The van der Waals surface area contributed by atoms with Crippen molar-refractivity contribution in [1.82, 2.24) is 4.72 Å². The normalized spacial score (nSPS) is 13.2. The smallest absolute Gasteiger partial charge is 0.207 e. The van der Waals surface area contributed by atoms with E-state index >= 15 is 0 Å². The largest absolute Gasteiger partial charge is 0.241 e. The number of hydrogen-bond acceptors (Lipinski definition) is 2. The van der Waals surface area contributed by atoms with Gasteiger partial charge in [0.1, 0.15) is 5.82 Å². The molecule has 2 aromatic rings. The van der Waals surface area contributed by atoms with Crippen LogP contribution >= 0.6 is 0 Å². The topological polar surface area (TPSA) is 46.2 Å². The van der Waals surface area contributed by atoms with Crippen molar-refractivity contribution in [3.63, 3.8) is 0 Å². The highest BCUT2D eigenvalue weighted by Gasteiger charge is 2.20. The number of aryl methyl sites for hydroxylation is 1. The average Bonchev–Trinajstić information content (AvgIpc) is 2.38. The molecule has 0 aliphatic carbocycles. The van der Waals surface area contributed by atoms with E-state index in [9.17, 15) is 12.8 Å². The zero-order chi connectivity index (χ0) is 14.8. The highest BCUT2D eigenvalue weighted by Crippen LogP contribution is 2.19. The van der Waals surface area contributed by atoms with E-state index in [0.29, 0.717) is 11.1 Å². The van der Waals surface area contributed by atoms with Crippen molar-refractivity contribution >= 4 is 10.0 Å². The van der Waals surface area contributed by atoms with Crippen LogP contribution in [0.1, 0.15) is 24.1 Å². The van der Waals surface area contributed by atoms with Crippen LogP contribution in [-0.2, 0) is 10.0 Å². The van der Waals surface area contributed by atoms with Crippen molar-refractivity contribution in [2.75, 3.05) is 0 Å². The molecular formula is C15H16FNO2S. The zero-order valence-corrected chi connectivity index (χ0v) is 12.1. The molecule has 0 amide bonds. The third-order valence-corrected chi connectivity index (χ3v) is 4.76. The van der Waals surface area contributed by atoms with Crippen molar-refractivity contribution in [1.29, 1.82) is 0 Å². The Bertz CT molecular complexity index is 713. The van der Waals surface area contributed by atoms with Gasteiger partial charge in [0.05, 0.1) is 4.90 Å². The zero-order valence-electron chi connectivity index (χ0n) is 11.3. The monoisotopic (exact) mass is 293 g/mol. The molecule has 0 spiro atoms. The van der Waals surface area contributed by atoms with E-state index in [1.807, 2.05) is 0 Å². The summed E-state index contributed by atoms with van der Waals surface area (Å²) in [6.07, 6.45) is 0. The highest BCUT2D eigenvalue weighted by atomic mass is 32.2. The highest BCUT2D eigenvalue weighted by molar-refractivity contribution is 7.89. The molecule has 20 heavy (non-hydrogen) atoms. The molecule has 2 rings (SSSR count). The molecule has 0 unspecified atom stereocenters. The number of rotatable bonds is 4. The molecule has 2 aromatic carbocycles. The van der Waals surface area contributed by atoms with E-state index in [1.54, 1.807) is 50.2 Å². The fourth-order valence-electron chi connectivity index (χ4n) is 2.00. The van der Waals surface area contributed by atoms with Crippen LogP contribution in [0.2, 0.25) is 0 Å². The van der Waals surface area contributed by atoms with Crippen LogP contribution in [0.3, 0.4) is 0 Å². The first kappa shape index (κ1) is 14.7. The van der Waals surface area contributed by atoms with Crippen molar-refractivity contribution in [3.05, 3.63) is 65.5 Å². The lowest BCUT2D eigenvalue weighted by Crippen LogP contribution is -2.27. The minimum atomic E-state index is -3.62. The summed E-state index contributed by atoms with van der Waals surface area (Å²) >= 11 is 0. The van der Waals surface area contributed by atoms with Gasteiger partial charge in [0.25, 0.3) is 0 Å². The van der Waals surface area contributed by atoms with Crippen LogP contribution in [0.4, 0.5) is 4.39 Å². The first-order valence-electron chi connectivity index (χ1n) is 6.23. The first-order valence-corrected chi connectivity index (χ1v) is 7.72. The maximum atomic E-state index is 13.2. The second kappa shape index (κ2) is 5.73. The summed E-state index contributed by atoms with van der Waals surface area (Å²) in [5.41, 5.74) is 1.26. The quantitative estimate of drug-likeness (QED) is 0.941. The van der Waals surface area contributed by atoms with E-state index in [0.717, 1.165) is 0 Å². The van der Waals surface area contributed by atoms with Gasteiger partial charge in [-0.3, -0.25) is 0 Å². The second-order valence-corrected chi connectivity index (χ2v) is 6.35. The fourth-order valence-corrected chi connectivity index (χ4v) is 3.48. The Kier molecular flexibility index (Phi) is 4.20. The van der Waals surface area contributed by atoms with E-state index in [-0.39, 0.29) is 10.7 Å². The SMILES string of the molecule is Cc1ccccc1S(=O)(=O)N[C@@H](C)c1cccc(F)c1. The van der Waals surface area contributed by atoms with E-state index in [4.69, 9.17) is 0 Å². The molecule has 106 valence electrons. The molecule has 0 fully saturated rings. The van der Waals surface area contributed by atoms with Crippen LogP contribution < -0.4 is 4.72 Å². The molecule has 5 heteroatoms. The van der Waals surface area contributed by atoms with Crippen molar-refractivity contribution < 1.29 is 12.8 Å². The maximum Gasteiger partial charge on any atom is 0.241 e. The molecule has 0 aromatic heterocycles. The van der Waals surface area contributed by atoms with Gasteiger partial charge < -0.3 is 0 Å². The molecule has 0 saturated heterocycles. The van der Waals surface area contributed by atoms with E-state index < -0.39 is 16.1 Å². The molecule has 0 bridgehead atoms. The first-order chi connectivity index (χ1) is 9.40. The Hall–Kier alpha value is -1.72. The van der Waals surface area contributed by atoms with Crippen LogP contribution in [0.15, 0.2) is 53.4 Å². The number of nitrogens with one attached hydrogen (secondary N) is 1. The summed E-state index contributed by atoms with van der Waals surface area (Å²) in [6, 6.07) is 12.1. The Balaban J connectivity index is 2.27. The minimum absolute atomic E-state index is 0.239. The van der Waals surface area contributed by atoms with E-state index in [1.165, 1.54) is 12.1 Å². The molecule has 1 N–H and O–H groups in total. The molecule has 0 heterocycles. The van der Waals surface area contributed by atoms with Gasteiger partial charge in [0.15, 0.2) is 0 Å². The summed E-state index contributed by atoms with van der Waals surface area (Å²) in [5.74, 6) is -0.385. The van der Waals surface area contributed by atoms with Crippen LogP contribution in [0.25, 0.3) is 0 Å². The van der Waals surface area contributed by atoms with Gasteiger partial charge >= 0.3 is 0 Å². The van der Waals surface area contributed by atoms with Crippen LogP contribution in [-0.4, -0.2) is 8.42 Å². The minimum Gasteiger partial charge on any atom is -0.207 e. The second-order valence-electron chi connectivity index (χ2n) is 4.66. The molecule has 0 saturated carbocycles. The molecule has 0 aliphatic heterocycles. The van der Waals surface area contributed by atoms with Crippen molar-refractivity contribution in [2.45, 2.75) is 24.8 Å². The van der Waals surface area contributed by atoms with Gasteiger partial charge in [-0.1, -0.05) is 30.3 Å². The number of halogens is 1. The maximum absolute atomic E-state index is 13.2. The summed E-state index contributed by atoms with van der Waals surface area (Å²) in [6.45, 7) is 3.42. The third-order valence-electron chi connectivity index (χ3n) is 3.06. The average molecular weight is 293 g/mol. The summed E-state index contributed by atoms with van der Waals surface area (Å²) in [5, 5.41) is 0. The lowest BCUT2D eigenvalue weighted by molar-refractivity contribution is 0.564. The Morgan fingerprint density at radius 1 is 1.10 bits per heavy atom. The lowest BCUT2D eigenvalue weighted by atomic mass is 10.1. The number of sulfonamides is 1. The predicted octanol–water partition coefficient (Wildman–Crippen LogP) is 3.17. The molecule has 0 aliphatic rings. The molecular weight excluding hydrogens is 277 g/mol. The van der Waals surface area contributed by atoms with Gasteiger partial charge in [-0.15, -0.1) is 0 Å². The van der Waals surface area contributed by atoms with Gasteiger partial charge in [-0.25, -0.2) is 17.5 Å². The van der Waals surface area contributed by atoms with Gasteiger partial charge in [-0.05, 0) is 43.2 Å². The van der Waals surface area contributed by atoms with Gasteiger partial charge in [0, 0.05) is 6.04 Å². The summed E-state index contributed by atoms with van der Waals surface area (Å²) < 4.78 is 40.4. The van der Waals surface area contributed by atoms with Crippen LogP contribution in [0.5, 0.6) is 0 Å². The molecule has 0 radical (unpaired) electrons. The molecule has 1 atom stereocenters. The van der Waals surface area contributed by atoms with Crippen molar-refractivity contribution in [3.8, 4) is 0 Å². The summed E-state index contributed by atoms with van der Waals surface area (Å²) in [7, 11) is -3.62. The van der Waals surface area contributed by atoms with Crippen molar-refractivity contribution in [2.24, 2.45) is 0 Å². The van der Waals surface area contributed by atoms with Gasteiger partial charge in [-0.2, -0.15) is 0 Å². The Labute approximate surface area is 118 Å². The Morgan fingerprint density at radius 2 is 1.80 bits per heavy atom. The predicted molar refractivity (Wildman–Crippen MR) is 76.3 cm³/mol. The van der Waals surface area contributed by atoms with Crippen LogP contribution in [0, 0.1) is 12.7 Å². The standard InChI is InChI=1S/C15H16FNO2S/c1-11-6-3-4-9-15(11)20(18,19)17-12(2)13-7-5-8-14(16)10-13/h3-10,12,17H,1-2H3/t12-/m0/s1. The Morgan fingerprint density at radius 3 is 2.45 bits per heavy atom. The van der Waals surface area contributed by atoms with Gasteiger partial charge in [0.2, 0.25) is 10.0 Å². The third kappa shape index (κ3) is 3.23. The summed E-state index contributed by atoms with van der Waals surface area (Å²) in [4.78, 5) is 0.239. The number of hydrogen-bond donors (Lipinski definition) is 1. The lowest BCUT2D eigenvalue weighted by Gasteiger charge is -2.15.